The van der Waals surface area contributed by atoms with Gasteiger partial charge in [-0.3, -0.25) is 14.4 Å². The Morgan fingerprint density at radius 2 is 0.533 bits per heavy atom. The number of rotatable bonds is 59. The van der Waals surface area contributed by atoms with E-state index >= 15 is 0 Å². The normalized spacial score (nSPS) is 12.5. The predicted octanol–water partition coefficient (Wildman–Crippen LogP) is 22.1. The van der Waals surface area contributed by atoms with E-state index in [-0.39, 0.29) is 37.5 Å². The lowest BCUT2D eigenvalue weighted by atomic mass is 10.0. The molecular weight excluding hydrogens is 925 g/mol. The van der Waals surface area contributed by atoms with Crippen LogP contribution in [-0.2, 0) is 28.6 Å². The second-order valence-corrected chi connectivity index (χ2v) is 21.6. The molecule has 0 bridgehead atoms. The van der Waals surface area contributed by atoms with Crippen molar-refractivity contribution in [2.24, 2.45) is 0 Å². The van der Waals surface area contributed by atoms with E-state index in [0.29, 0.717) is 19.3 Å². The lowest BCUT2D eigenvalue weighted by molar-refractivity contribution is -0.167. The average molecular weight is 1050 g/mol. The van der Waals surface area contributed by atoms with Gasteiger partial charge in [0.25, 0.3) is 0 Å². The average Bonchev–Trinajstić information content (AvgIpc) is 3.41. The number of hydrogen-bond acceptors (Lipinski definition) is 6. The molecule has 0 aliphatic carbocycles. The van der Waals surface area contributed by atoms with Gasteiger partial charge >= 0.3 is 17.9 Å². The van der Waals surface area contributed by atoms with Crippen molar-refractivity contribution in [2.45, 2.75) is 335 Å². The molecule has 1 unspecified atom stereocenters. The molecule has 0 saturated heterocycles. The Kier molecular flexibility index (Phi) is 60.7. The molecule has 0 N–H and O–H groups in total. The third-order valence-corrected chi connectivity index (χ3v) is 14.2. The molecule has 6 heteroatoms. The van der Waals surface area contributed by atoms with Gasteiger partial charge in [0, 0.05) is 19.3 Å². The Hall–Kier alpha value is -3.15. The highest BCUT2D eigenvalue weighted by atomic mass is 16.6. The number of hydrogen-bond donors (Lipinski definition) is 0. The molecule has 0 aromatic carbocycles. The Bertz CT molecular complexity index is 1390. The van der Waals surface area contributed by atoms with Gasteiger partial charge in [-0.1, -0.05) is 299 Å². The van der Waals surface area contributed by atoms with E-state index in [1.54, 1.807) is 0 Å². The Morgan fingerprint density at radius 1 is 0.280 bits per heavy atom. The zero-order valence-electron chi connectivity index (χ0n) is 49.8. The van der Waals surface area contributed by atoms with Gasteiger partial charge in [0.05, 0.1) is 0 Å². The largest absolute Gasteiger partial charge is 0.462 e. The smallest absolute Gasteiger partial charge is 0.306 e. The minimum absolute atomic E-state index is 0.0944. The molecule has 0 aromatic rings. The van der Waals surface area contributed by atoms with Crippen LogP contribution in [0.4, 0.5) is 0 Å². The van der Waals surface area contributed by atoms with Crippen LogP contribution < -0.4 is 0 Å². The summed E-state index contributed by atoms with van der Waals surface area (Å²) in [5, 5.41) is 0. The summed E-state index contributed by atoms with van der Waals surface area (Å²) >= 11 is 0. The number of carbonyl (C=O) groups excluding carboxylic acids is 3. The maximum atomic E-state index is 12.9. The number of carbonyl (C=O) groups is 3. The third-order valence-electron chi connectivity index (χ3n) is 14.2. The van der Waals surface area contributed by atoms with Crippen LogP contribution in [0.3, 0.4) is 0 Å². The number of ether oxygens (including phenoxy) is 3. The molecule has 0 aromatic heterocycles. The van der Waals surface area contributed by atoms with Crippen LogP contribution in [0.2, 0.25) is 0 Å². The van der Waals surface area contributed by atoms with Crippen LogP contribution >= 0.6 is 0 Å². The van der Waals surface area contributed by atoms with Crippen molar-refractivity contribution in [3.63, 3.8) is 0 Å². The van der Waals surface area contributed by atoms with E-state index < -0.39 is 6.10 Å². The Balaban J connectivity index is 4.28. The maximum absolute atomic E-state index is 12.9. The van der Waals surface area contributed by atoms with E-state index in [1.807, 2.05) is 0 Å². The van der Waals surface area contributed by atoms with Crippen molar-refractivity contribution < 1.29 is 28.6 Å². The molecule has 0 amide bonds. The van der Waals surface area contributed by atoms with E-state index in [1.165, 1.54) is 205 Å². The van der Waals surface area contributed by atoms with E-state index in [4.69, 9.17) is 14.2 Å². The molecule has 6 nitrogen and oxygen atoms in total. The summed E-state index contributed by atoms with van der Waals surface area (Å²) in [6, 6.07) is 0. The van der Waals surface area contributed by atoms with Gasteiger partial charge in [-0.05, 0) is 83.5 Å². The monoisotopic (exact) mass is 1050 g/mol. The van der Waals surface area contributed by atoms with Crippen LogP contribution in [0, 0.1) is 0 Å². The summed E-state index contributed by atoms with van der Waals surface area (Å²) in [6.07, 6.45) is 82.1. The molecule has 75 heavy (non-hydrogen) atoms. The number of esters is 3. The first-order valence-electron chi connectivity index (χ1n) is 32.4. The van der Waals surface area contributed by atoms with E-state index in [0.717, 1.165) is 77.0 Å². The molecule has 0 radical (unpaired) electrons. The summed E-state index contributed by atoms with van der Waals surface area (Å²) in [6.45, 7) is 6.52. The first kappa shape index (κ1) is 71.8. The number of unbranched alkanes of at least 4 members (excludes halogenated alkanes) is 36. The highest BCUT2D eigenvalue weighted by molar-refractivity contribution is 5.71. The molecule has 0 spiro atoms. The summed E-state index contributed by atoms with van der Waals surface area (Å²) in [5.41, 5.74) is 0. The molecule has 0 heterocycles. The maximum Gasteiger partial charge on any atom is 0.306 e. The zero-order valence-corrected chi connectivity index (χ0v) is 49.8. The second kappa shape index (κ2) is 63.4. The van der Waals surface area contributed by atoms with Crippen molar-refractivity contribution >= 4 is 17.9 Å². The van der Waals surface area contributed by atoms with E-state index in [9.17, 15) is 14.4 Å². The van der Waals surface area contributed by atoms with Crippen molar-refractivity contribution in [3.8, 4) is 0 Å². The summed E-state index contributed by atoms with van der Waals surface area (Å²) < 4.78 is 16.9. The van der Waals surface area contributed by atoms with Crippen molar-refractivity contribution in [1.82, 2.24) is 0 Å². The van der Waals surface area contributed by atoms with Crippen molar-refractivity contribution in [2.75, 3.05) is 13.2 Å². The molecule has 0 aliphatic rings. The first-order chi connectivity index (χ1) is 37.0. The highest BCUT2D eigenvalue weighted by Gasteiger charge is 2.19. The Morgan fingerprint density at radius 3 is 0.867 bits per heavy atom. The van der Waals surface area contributed by atoms with Crippen LogP contribution in [0.5, 0.6) is 0 Å². The van der Waals surface area contributed by atoms with Crippen LogP contribution in [0.15, 0.2) is 72.9 Å². The molecule has 0 aliphatic heterocycles. The SMILES string of the molecule is CC/C=C\C/C=C\C/C=C\C/C=C\C/C=C\CCCC(=O)OC(COC(=O)CCCCCCCCCCCCCCC)COC(=O)CCCCCCCCCCCCCCCCC/C=C\CCCCCCCCCC. The highest BCUT2D eigenvalue weighted by Crippen LogP contribution is 2.17. The van der Waals surface area contributed by atoms with Gasteiger partial charge in [-0.2, -0.15) is 0 Å². The van der Waals surface area contributed by atoms with Gasteiger partial charge in [0.2, 0.25) is 0 Å². The molecule has 0 saturated carbocycles. The topological polar surface area (TPSA) is 78.9 Å². The van der Waals surface area contributed by atoms with Gasteiger partial charge < -0.3 is 14.2 Å². The van der Waals surface area contributed by atoms with Gasteiger partial charge in [-0.25, -0.2) is 0 Å². The van der Waals surface area contributed by atoms with Crippen molar-refractivity contribution in [3.05, 3.63) is 72.9 Å². The summed E-state index contributed by atoms with van der Waals surface area (Å²) in [7, 11) is 0. The Labute approximate surface area is 465 Å². The molecular formula is C69H122O6. The third kappa shape index (κ3) is 61.6. The first-order valence-corrected chi connectivity index (χ1v) is 32.4. The molecule has 434 valence electrons. The fourth-order valence-electron chi connectivity index (χ4n) is 9.36. The van der Waals surface area contributed by atoms with E-state index in [2.05, 4.69) is 93.7 Å². The summed E-state index contributed by atoms with van der Waals surface area (Å²) in [4.78, 5) is 38.2. The molecule has 0 fully saturated rings. The fourth-order valence-corrected chi connectivity index (χ4v) is 9.36. The standard InChI is InChI=1S/C69H122O6/c1-4-7-10-13-16-19-22-25-27-29-30-31-32-33-34-35-36-37-38-40-41-44-47-50-53-56-59-62-68(71)74-65-66(64-73-67(70)61-58-55-52-49-46-43-24-21-18-15-12-9-6-3)75-69(72)63-60-57-54-51-48-45-42-39-28-26-23-20-17-14-11-8-5-2/h8,11,17,20,26,28-30,42,45,51,54,66H,4-7,9-10,12-16,18-19,21-25,27,31-41,43-44,46-50,52-53,55-65H2,1-3H3/b11-8-,20-17-,28-26-,30-29-,45-42-,54-51-. The lowest BCUT2D eigenvalue weighted by Crippen LogP contribution is -2.30. The molecule has 0 rings (SSSR count). The predicted molar refractivity (Wildman–Crippen MR) is 325 cm³/mol. The summed E-state index contributed by atoms with van der Waals surface area (Å²) in [5.74, 6) is -0.938. The fraction of sp³-hybridized carbons (Fsp3) is 0.783. The van der Waals surface area contributed by atoms with Crippen LogP contribution in [0.1, 0.15) is 329 Å². The quantitative estimate of drug-likeness (QED) is 0.0261. The molecule has 1 atom stereocenters. The van der Waals surface area contributed by atoms with Crippen molar-refractivity contribution in [1.29, 1.82) is 0 Å². The lowest BCUT2D eigenvalue weighted by Gasteiger charge is -2.18. The number of allylic oxidation sites excluding steroid dienone is 12. The zero-order chi connectivity index (χ0) is 54.3. The van der Waals surface area contributed by atoms with Crippen LogP contribution in [0.25, 0.3) is 0 Å². The minimum atomic E-state index is -0.803. The van der Waals surface area contributed by atoms with Gasteiger partial charge in [0.15, 0.2) is 6.10 Å². The van der Waals surface area contributed by atoms with Crippen LogP contribution in [-0.4, -0.2) is 37.2 Å². The van der Waals surface area contributed by atoms with Gasteiger partial charge in [0.1, 0.15) is 13.2 Å². The second-order valence-electron chi connectivity index (χ2n) is 21.6. The minimum Gasteiger partial charge on any atom is -0.462 e. The van der Waals surface area contributed by atoms with Gasteiger partial charge in [-0.15, -0.1) is 0 Å².